The molecule has 0 aliphatic heterocycles. The number of nitrogens with zero attached hydrogens (tertiary/aromatic N) is 1. The van der Waals surface area contributed by atoms with E-state index < -0.39 is 69.3 Å². The lowest BCUT2D eigenvalue weighted by molar-refractivity contribution is -0.139. The molecule has 1 aromatic heterocycles. The van der Waals surface area contributed by atoms with Gasteiger partial charge in [0.2, 0.25) is 0 Å². The van der Waals surface area contributed by atoms with Crippen LogP contribution >= 0.6 is 0 Å². The number of nitrogens with one attached hydrogen (secondary N) is 1. The molecule has 0 radical (unpaired) electrons. The summed E-state index contributed by atoms with van der Waals surface area (Å²) < 4.78 is 63.4. The van der Waals surface area contributed by atoms with Crippen molar-refractivity contribution in [2.24, 2.45) is 0 Å². The first-order valence-electron chi connectivity index (χ1n) is 12.2. The van der Waals surface area contributed by atoms with Gasteiger partial charge in [-0.3, -0.25) is 19.0 Å². The first kappa shape index (κ1) is 29.0. The number of carbonyl (C=O) groups excluding carboxylic acids is 1. The third-order valence-electron chi connectivity index (χ3n) is 6.08. The molecule has 8 nitrogen and oxygen atoms in total. The van der Waals surface area contributed by atoms with Crippen LogP contribution in [0.2, 0.25) is 0 Å². The molecule has 0 amide bonds. The van der Waals surface area contributed by atoms with Gasteiger partial charge in [-0.2, -0.15) is 0 Å². The van der Waals surface area contributed by atoms with E-state index in [2.05, 4.69) is 5.32 Å². The van der Waals surface area contributed by atoms with Crippen LogP contribution in [0.4, 0.5) is 23.4 Å². The number of aromatic nitrogens is 1. The standard InChI is InChI=1S/C29H23F4N3O5/c30-17-7-8-19(21(31)13-17)27(38)20-9-10-24(37)36(28(20)34)26-22(32)14-18(15-23(26)33)41-12-4-11-35-25(29(39)40)16-5-2-1-3-6-16/h1-3,5-10,13-15,25,35H,4,11-12,34H2,(H,39,40)/t25-/m0/s1. The maximum Gasteiger partial charge on any atom is 0.325 e. The molecule has 0 fully saturated rings. The van der Waals surface area contributed by atoms with Crippen LogP contribution in [0.25, 0.3) is 5.69 Å². The fourth-order valence-electron chi connectivity index (χ4n) is 4.14. The van der Waals surface area contributed by atoms with Crippen LogP contribution in [0.1, 0.15) is 33.9 Å². The largest absolute Gasteiger partial charge is 0.493 e. The van der Waals surface area contributed by atoms with E-state index in [9.17, 15) is 28.3 Å². The number of carboxylic acids is 1. The fraction of sp³-hybridized carbons (Fsp3) is 0.138. The molecule has 1 heterocycles. The molecule has 3 aromatic carbocycles. The number of nitrogen functional groups attached to an aromatic ring is 1. The zero-order valence-corrected chi connectivity index (χ0v) is 21.2. The summed E-state index contributed by atoms with van der Waals surface area (Å²) in [4.78, 5) is 36.9. The highest BCUT2D eigenvalue weighted by Gasteiger charge is 2.24. The van der Waals surface area contributed by atoms with Gasteiger partial charge < -0.3 is 20.9 Å². The fourth-order valence-corrected chi connectivity index (χ4v) is 4.14. The zero-order valence-electron chi connectivity index (χ0n) is 21.2. The molecule has 0 unspecified atom stereocenters. The Morgan fingerprint density at radius 1 is 0.902 bits per heavy atom. The van der Waals surface area contributed by atoms with Gasteiger partial charge in [-0.05, 0) is 36.7 Å². The molecule has 41 heavy (non-hydrogen) atoms. The van der Waals surface area contributed by atoms with E-state index in [0.717, 1.165) is 36.4 Å². The second kappa shape index (κ2) is 12.5. The van der Waals surface area contributed by atoms with E-state index in [1.165, 1.54) is 0 Å². The van der Waals surface area contributed by atoms with Crippen LogP contribution < -0.4 is 21.3 Å². The Hall–Kier alpha value is -4.97. The molecule has 4 rings (SSSR count). The predicted octanol–water partition coefficient (Wildman–Crippen LogP) is 4.39. The van der Waals surface area contributed by atoms with Crippen molar-refractivity contribution in [2.75, 3.05) is 18.9 Å². The number of carboxylic acid groups (broad SMARTS) is 1. The summed E-state index contributed by atoms with van der Waals surface area (Å²) in [5.74, 6) is -7.54. The highest BCUT2D eigenvalue weighted by atomic mass is 19.1. The SMILES string of the molecule is Nc1c(C(=O)c2ccc(F)cc2F)ccc(=O)n1-c1c(F)cc(OCCCN[C@H](C(=O)O)c2ccccc2)cc1F. The van der Waals surface area contributed by atoms with E-state index in [0.29, 0.717) is 16.2 Å². The Morgan fingerprint density at radius 3 is 2.20 bits per heavy atom. The van der Waals surface area contributed by atoms with Gasteiger partial charge in [-0.1, -0.05) is 30.3 Å². The van der Waals surface area contributed by atoms with E-state index >= 15 is 8.78 Å². The summed E-state index contributed by atoms with van der Waals surface area (Å²) in [7, 11) is 0. The quantitative estimate of drug-likeness (QED) is 0.139. The molecule has 212 valence electrons. The first-order chi connectivity index (χ1) is 19.6. The smallest absolute Gasteiger partial charge is 0.325 e. The lowest BCUT2D eigenvalue weighted by atomic mass is 10.0. The molecule has 0 saturated carbocycles. The van der Waals surface area contributed by atoms with Crippen molar-refractivity contribution in [3.05, 3.63) is 123 Å². The Morgan fingerprint density at radius 2 is 1.56 bits per heavy atom. The van der Waals surface area contributed by atoms with Gasteiger partial charge in [-0.25, -0.2) is 17.6 Å². The van der Waals surface area contributed by atoms with Gasteiger partial charge in [0.15, 0.2) is 17.4 Å². The van der Waals surface area contributed by atoms with Crippen molar-refractivity contribution in [3.63, 3.8) is 0 Å². The molecule has 0 saturated heterocycles. The number of hydrogen-bond acceptors (Lipinski definition) is 6. The number of rotatable bonds is 11. The third-order valence-corrected chi connectivity index (χ3v) is 6.08. The number of anilines is 1. The number of aliphatic carboxylic acids is 1. The Balaban J connectivity index is 1.49. The maximum atomic E-state index is 15.1. The number of carbonyl (C=O) groups is 2. The molecular weight excluding hydrogens is 546 g/mol. The van der Waals surface area contributed by atoms with Crippen LogP contribution in [0.3, 0.4) is 0 Å². The van der Waals surface area contributed by atoms with Crippen LogP contribution in [0.15, 0.2) is 77.6 Å². The van der Waals surface area contributed by atoms with E-state index in [4.69, 9.17) is 10.5 Å². The number of halogens is 4. The molecular formula is C29H23F4N3O5. The van der Waals surface area contributed by atoms with Crippen LogP contribution in [0.5, 0.6) is 5.75 Å². The Labute approximate surface area is 230 Å². The summed E-state index contributed by atoms with van der Waals surface area (Å²) in [5.41, 5.74) is 3.66. The average Bonchev–Trinajstić information content (AvgIpc) is 2.92. The van der Waals surface area contributed by atoms with Crippen molar-refractivity contribution >= 4 is 17.6 Å². The minimum Gasteiger partial charge on any atom is -0.493 e. The van der Waals surface area contributed by atoms with Gasteiger partial charge in [0.05, 0.1) is 17.7 Å². The number of ether oxygens (including phenoxy) is 1. The van der Waals surface area contributed by atoms with Crippen molar-refractivity contribution in [1.82, 2.24) is 9.88 Å². The first-order valence-corrected chi connectivity index (χ1v) is 12.2. The molecule has 0 spiro atoms. The normalized spacial score (nSPS) is 11.7. The third kappa shape index (κ3) is 6.44. The summed E-state index contributed by atoms with van der Waals surface area (Å²) in [6.07, 6.45) is 0.290. The van der Waals surface area contributed by atoms with Crippen LogP contribution in [-0.2, 0) is 4.79 Å². The highest BCUT2D eigenvalue weighted by molar-refractivity contribution is 6.11. The lowest BCUT2D eigenvalue weighted by Gasteiger charge is -2.16. The van der Waals surface area contributed by atoms with E-state index in [1.807, 2.05) is 0 Å². The summed E-state index contributed by atoms with van der Waals surface area (Å²) in [6, 6.07) is 13.2. The van der Waals surface area contributed by atoms with E-state index in [-0.39, 0.29) is 25.3 Å². The predicted molar refractivity (Wildman–Crippen MR) is 141 cm³/mol. The molecule has 0 bridgehead atoms. The van der Waals surface area contributed by atoms with Gasteiger partial charge in [0, 0.05) is 24.3 Å². The second-order valence-corrected chi connectivity index (χ2v) is 8.83. The summed E-state index contributed by atoms with van der Waals surface area (Å²) >= 11 is 0. The van der Waals surface area contributed by atoms with E-state index in [1.54, 1.807) is 30.3 Å². The maximum absolute atomic E-state index is 15.1. The number of ketones is 1. The summed E-state index contributed by atoms with van der Waals surface area (Å²) in [6.45, 7) is 0.192. The Kier molecular flexibility index (Phi) is 8.83. The minimum atomic E-state index is -1.24. The second-order valence-electron chi connectivity index (χ2n) is 8.83. The molecule has 1 atom stereocenters. The molecule has 0 aliphatic carbocycles. The molecule has 4 N–H and O–H groups in total. The number of pyridine rings is 1. The topological polar surface area (TPSA) is 124 Å². The van der Waals surface area contributed by atoms with Gasteiger partial charge in [-0.15, -0.1) is 0 Å². The number of nitrogens with two attached hydrogens (primary N) is 1. The van der Waals surface area contributed by atoms with Gasteiger partial charge in [0.25, 0.3) is 5.56 Å². The van der Waals surface area contributed by atoms with Crippen molar-refractivity contribution in [3.8, 4) is 11.4 Å². The monoisotopic (exact) mass is 569 g/mol. The lowest BCUT2D eigenvalue weighted by Crippen LogP contribution is -2.30. The van der Waals surface area contributed by atoms with Crippen molar-refractivity contribution in [2.45, 2.75) is 12.5 Å². The summed E-state index contributed by atoms with van der Waals surface area (Å²) in [5, 5.41) is 12.3. The minimum absolute atomic E-state index is 0.0261. The molecule has 4 aromatic rings. The number of benzene rings is 3. The average molecular weight is 570 g/mol. The highest BCUT2D eigenvalue weighted by Crippen LogP contribution is 2.27. The van der Waals surface area contributed by atoms with Crippen LogP contribution in [0, 0.1) is 23.3 Å². The molecule has 0 aliphatic rings. The van der Waals surface area contributed by atoms with Crippen LogP contribution in [-0.4, -0.2) is 34.6 Å². The van der Waals surface area contributed by atoms with Gasteiger partial charge >= 0.3 is 5.97 Å². The van der Waals surface area contributed by atoms with Crippen molar-refractivity contribution in [1.29, 1.82) is 0 Å². The van der Waals surface area contributed by atoms with Gasteiger partial charge in [0.1, 0.15) is 34.9 Å². The Bertz CT molecular complexity index is 1640. The molecule has 12 heteroatoms. The van der Waals surface area contributed by atoms with Crippen molar-refractivity contribution < 1.29 is 37.0 Å². The zero-order chi connectivity index (χ0) is 29.7. The number of hydrogen-bond donors (Lipinski definition) is 3.